The lowest BCUT2D eigenvalue weighted by atomic mass is 9.98. The van der Waals surface area contributed by atoms with E-state index < -0.39 is 0 Å². The van der Waals surface area contributed by atoms with E-state index in [0.717, 1.165) is 17.2 Å². The molecular weight excluding hydrogens is 292 g/mol. The Bertz CT molecular complexity index is 643. The van der Waals surface area contributed by atoms with Crippen molar-refractivity contribution in [1.29, 1.82) is 0 Å². The Kier molecular flexibility index (Phi) is 4.84. The van der Waals surface area contributed by atoms with Gasteiger partial charge in [0.15, 0.2) is 6.29 Å². The van der Waals surface area contributed by atoms with Gasteiger partial charge in [-0.1, -0.05) is 31.0 Å². The van der Waals surface area contributed by atoms with E-state index in [1.54, 1.807) is 23.9 Å². The van der Waals surface area contributed by atoms with Crippen molar-refractivity contribution in [3.05, 3.63) is 59.2 Å². The lowest BCUT2D eigenvalue weighted by Gasteiger charge is -2.10. The Morgan fingerprint density at radius 2 is 1.82 bits per heavy atom. The van der Waals surface area contributed by atoms with Crippen LogP contribution in [0.1, 0.15) is 53.1 Å². The van der Waals surface area contributed by atoms with Crippen LogP contribution < -0.4 is 0 Å². The highest BCUT2D eigenvalue weighted by atomic mass is 32.2. The Balaban J connectivity index is 1.62. The zero-order chi connectivity index (χ0) is 15.4. The molecule has 0 aromatic heterocycles. The standard InChI is InChI=1S/C19H20O2S/c20-12-17-11-14(5-10-19(17)21)13-22-18-8-6-16(7-9-18)15-3-1-2-4-15/h5-12,15,21H,1-4,13H2. The van der Waals surface area contributed by atoms with Gasteiger partial charge in [-0.2, -0.15) is 0 Å². The number of aromatic hydroxyl groups is 1. The van der Waals surface area contributed by atoms with E-state index in [4.69, 9.17) is 0 Å². The maximum Gasteiger partial charge on any atom is 0.153 e. The van der Waals surface area contributed by atoms with Gasteiger partial charge in [0.05, 0.1) is 5.56 Å². The molecule has 0 unspecified atom stereocenters. The highest BCUT2D eigenvalue weighted by Crippen LogP contribution is 2.35. The predicted octanol–water partition coefficient (Wildman–Crippen LogP) is 5.15. The molecule has 0 heterocycles. The number of carbonyl (C=O) groups excluding carboxylic acids is 1. The molecule has 1 fully saturated rings. The summed E-state index contributed by atoms with van der Waals surface area (Å²) in [5.74, 6) is 1.60. The molecular formula is C19H20O2S. The molecule has 1 N–H and O–H groups in total. The smallest absolute Gasteiger partial charge is 0.153 e. The first-order valence-corrected chi connectivity index (χ1v) is 8.74. The van der Waals surface area contributed by atoms with Crippen LogP contribution in [-0.4, -0.2) is 11.4 Å². The van der Waals surface area contributed by atoms with Crippen molar-refractivity contribution in [2.75, 3.05) is 0 Å². The molecule has 2 aromatic rings. The molecule has 0 radical (unpaired) electrons. The number of hydrogen-bond acceptors (Lipinski definition) is 3. The minimum atomic E-state index is 0.0460. The summed E-state index contributed by atoms with van der Waals surface area (Å²) in [7, 11) is 0. The van der Waals surface area contributed by atoms with E-state index in [2.05, 4.69) is 24.3 Å². The fraction of sp³-hybridized carbons (Fsp3) is 0.316. The van der Waals surface area contributed by atoms with Crippen molar-refractivity contribution in [2.45, 2.75) is 42.2 Å². The minimum absolute atomic E-state index is 0.0460. The number of aldehydes is 1. The van der Waals surface area contributed by atoms with E-state index in [1.165, 1.54) is 36.1 Å². The van der Waals surface area contributed by atoms with Gasteiger partial charge in [0, 0.05) is 10.6 Å². The van der Waals surface area contributed by atoms with Crippen LogP contribution in [0.25, 0.3) is 0 Å². The van der Waals surface area contributed by atoms with Crippen LogP contribution in [0, 0.1) is 0 Å². The van der Waals surface area contributed by atoms with Crippen molar-refractivity contribution >= 4 is 18.0 Å². The fourth-order valence-corrected chi connectivity index (χ4v) is 3.89. The SMILES string of the molecule is O=Cc1cc(CSc2ccc(C3CCCC3)cc2)ccc1O. The van der Waals surface area contributed by atoms with Crippen molar-refractivity contribution in [1.82, 2.24) is 0 Å². The first kappa shape index (κ1) is 15.2. The molecule has 1 aliphatic rings. The molecule has 2 aromatic carbocycles. The van der Waals surface area contributed by atoms with Gasteiger partial charge in [0.1, 0.15) is 5.75 Å². The lowest BCUT2D eigenvalue weighted by Crippen LogP contribution is -1.91. The summed E-state index contributed by atoms with van der Waals surface area (Å²) in [5, 5.41) is 9.52. The summed E-state index contributed by atoms with van der Waals surface area (Å²) >= 11 is 1.75. The second-order valence-electron chi connectivity index (χ2n) is 5.85. The topological polar surface area (TPSA) is 37.3 Å². The second kappa shape index (κ2) is 7.01. The summed E-state index contributed by atoms with van der Waals surface area (Å²) in [6.07, 6.45) is 6.07. The van der Waals surface area contributed by atoms with E-state index in [0.29, 0.717) is 11.8 Å². The van der Waals surface area contributed by atoms with Crippen LogP contribution in [0.5, 0.6) is 5.75 Å². The molecule has 3 heteroatoms. The Labute approximate surface area is 135 Å². The van der Waals surface area contributed by atoms with Gasteiger partial charge in [-0.15, -0.1) is 11.8 Å². The zero-order valence-electron chi connectivity index (χ0n) is 12.5. The second-order valence-corrected chi connectivity index (χ2v) is 6.90. The van der Waals surface area contributed by atoms with Crippen molar-refractivity contribution < 1.29 is 9.90 Å². The molecule has 0 aliphatic heterocycles. The third-order valence-electron chi connectivity index (χ3n) is 4.33. The largest absolute Gasteiger partial charge is 0.507 e. The maximum absolute atomic E-state index is 10.9. The van der Waals surface area contributed by atoms with Crippen LogP contribution in [0.15, 0.2) is 47.4 Å². The fourth-order valence-electron chi connectivity index (χ4n) is 3.05. The van der Waals surface area contributed by atoms with Gasteiger partial charge in [0.25, 0.3) is 0 Å². The number of rotatable bonds is 5. The summed E-state index contributed by atoms with van der Waals surface area (Å²) in [5.41, 5.74) is 2.87. The number of carbonyl (C=O) groups is 1. The monoisotopic (exact) mass is 312 g/mol. The van der Waals surface area contributed by atoms with Gasteiger partial charge < -0.3 is 5.11 Å². The van der Waals surface area contributed by atoms with Gasteiger partial charge in [-0.3, -0.25) is 4.79 Å². The van der Waals surface area contributed by atoms with Gasteiger partial charge in [0.2, 0.25) is 0 Å². The summed E-state index contributed by atoms with van der Waals surface area (Å²) < 4.78 is 0. The molecule has 22 heavy (non-hydrogen) atoms. The van der Waals surface area contributed by atoms with Crippen molar-refractivity contribution in [3.8, 4) is 5.75 Å². The number of phenolic OH excluding ortho intramolecular Hbond substituents is 1. The van der Waals surface area contributed by atoms with Crippen LogP contribution in [0.3, 0.4) is 0 Å². The maximum atomic E-state index is 10.9. The zero-order valence-corrected chi connectivity index (χ0v) is 13.3. The van der Waals surface area contributed by atoms with Crippen LogP contribution in [0.4, 0.5) is 0 Å². The molecule has 3 rings (SSSR count). The molecule has 1 saturated carbocycles. The Morgan fingerprint density at radius 3 is 2.50 bits per heavy atom. The molecule has 0 spiro atoms. The van der Waals surface area contributed by atoms with Crippen LogP contribution in [-0.2, 0) is 5.75 Å². The first-order chi connectivity index (χ1) is 10.8. The third-order valence-corrected chi connectivity index (χ3v) is 5.41. The average Bonchev–Trinajstić information content (AvgIpc) is 3.09. The van der Waals surface area contributed by atoms with Crippen LogP contribution >= 0.6 is 11.8 Å². The van der Waals surface area contributed by atoms with Crippen molar-refractivity contribution in [3.63, 3.8) is 0 Å². The van der Waals surface area contributed by atoms with E-state index in [9.17, 15) is 9.90 Å². The highest BCUT2D eigenvalue weighted by Gasteiger charge is 2.16. The number of benzene rings is 2. The van der Waals surface area contributed by atoms with Crippen LogP contribution in [0.2, 0.25) is 0 Å². The lowest BCUT2D eigenvalue weighted by molar-refractivity contribution is 0.112. The predicted molar refractivity (Wildman–Crippen MR) is 90.7 cm³/mol. The van der Waals surface area contributed by atoms with Gasteiger partial charge >= 0.3 is 0 Å². The Morgan fingerprint density at radius 1 is 1.09 bits per heavy atom. The van der Waals surface area contributed by atoms with Gasteiger partial charge in [-0.25, -0.2) is 0 Å². The Hall–Kier alpha value is -1.74. The summed E-state index contributed by atoms with van der Waals surface area (Å²) in [6.45, 7) is 0. The summed E-state index contributed by atoms with van der Waals surface area (Å²) in [4.78, 5) is 12.1. The average molecular weight is 312 g/mol. The van der Waals surface area contributed by atoms with Gasteiger partial charge in [-0.05, 0) is 54.2 Å². The molecule has 0 bridgehead atoms. The van der Waals surface area contributed by atoms with E-state index in [1.807, 2.05) is 6.07 Å². The summed E-state index contributed by atoms with van der Waals surface area (Å²) in [6, 6.07) is 14.1. The highest BCUT2D eigenvalue weighted by molar-refractivity contribution is 7.98. The molecule has 114 valence electrons. The normalized spacial score (nSPS) is 15.1. The molecule has 0 atom stereocenters. The number of thioether (sulfide) groups is 1. The number of hydrogen-bond donors (Lipinski definition) is 1. The first-order valence-electron chi connectivity index (χ1n) is 7.76. The third kappa shape index (κ3) is 3.53. The molecule has 0 amide bonds. The quantitative estimate of drug-likeness (QED) is 0.612. The molecule has 2 nitrogen and oxygen atoms in total. The number of phenols is 1. The molecule has 1 aliphatic carbocycles. The van der Waals surface area contributed by atoms with E-state index in [-0.39, 0.29) is 5.75 Å². The minimum Gasteiger partial charge on any atom is -0.507 e. The van der Waals surface area contributed by atoms with E-state index >= 15 is 0 Å². The van der Waals surface area contributed by atoms with Crippen molar-refractivity contribution in [2.24, 2.45) is 0 Å². The molecule has 0 saturated heterocycles.